The SMILES string of the molecule is CC1(C)Oc2cc(C(F)(F)F)ccc2C(N)C1O. The first-order valence-corrected chi connectivity index (χ1v) is 5.47. The first kappa shape index (κ1) is 13.2. The fourth-order valence-electron chi connectivity index (χ4n) is 2.02. The number of aliphatic hydroxyl groups excluding tert-OH is 1. The number of fused-ring (bicyclic) bond motifs is 1. The van der Waals surface area contributed by atoms with E-state index in [-0.39, 0.29) is 5.75 Å². The fraction of sp³-hybridized carbons (Fsp3) is 0.500. The van der Waals surface area contributed by atoms with Gasteiger partial charge in [0.1, 0.15) is 17.5 Å². The third kappa shape index (κ3) is 2.06. The van der Waals surface area contributed by atoms with E-state index in [4.69, 9.17) is 10.5 Å². The van der Waals surface area contributed by atoms with E-state index in [0.717, 1.165) is 12.1 Å². The Bertz CT molecular complexity index is 471. The van der Waals surface area contributed by atoms with Gasteiger partial charge in [0.25, 0.3) is 0 Å². The minimum atomic E-state index is -4.43. The Morgan fingerprint density at radius 3 is 2.50 bits per heavy atom. The molecule has 0 bridgehead atoms. The molecule has 1 aliphatic rings. The minimum Gasteiger partial charge on any atom is -0.485 e. The monoisotopic (exact) mass is 261 g/mol. The molecular formula is C12H14F3NO2. The molecule has 1 aliphatic heterocycles. The van der Waals surface area contributed by atoms with Gasteiger partial charge in [0.15, 0.2) is 0 Å². The summed E-state index contributed by atoms with van der Waals surface area (Å²) in [7, 11) is 0. The highest BCUT2D eigenvalue weighted by molar-refractivity contribution is 5.43. The van der Waals surface area contributed by atoms with Crippen molar-refractivity contribution >= 4 is 0 Å². The van der Waals surface area contributed by atoms with E-state index in [0.29, 0.717) is 5.56 Å². The number of benzene rings is 1. The Hall–Kier alpha value is -1.27. The summed E-state index contributed by atoms with van der Waals surface area (Å²) in [6.45, 7) is 3.17. The number of halogens is 3. The summed E-state index contributed by atoms with van der Waals surface area (Å²) in [6, 6.07) is 2.35. The molecule has 0 amide bonds. The van der Waals surface area contributed by atoms with E-state index in [9.17, 15) is 18.3 Å². The largest absolute Gasteiger partial charge is 0.485 e. The van der Waals surface area contributed by atoms with Crippen molar-refractivity contribution in [2.45, 2.75) is 37.8 Å². The molecule has 0 fully saturated rings. The zero-order valence-electron chi connectivity index (χ0n) is 9.95. The van der Waals surface area contributed by atoms with Crippen LogP contribution in [0.4, 0.5) is 13.2 Å². The molecule has 1 heterocycles. The molecule has 0 spiro atoms. The van der Waals surface area contributed by atoms with E-state index in [1.807, 2.05) is 0 Å². The number of hydrogen-bond donors (Lipinski definition) is 2. The maximum absolute atomic E-state index is 12.6. The van der Waals surface area contributed by atoms with Crippen LogP contribution in [0.2, 0.25) is 0 Å². The van der Waals surface area contributed by atoms with Crippen LogP contribution in [0.3, 0.4) is 0 Å². The second kappa shape index (κ2) is 3.86. The first-order chi connectivity index (χ1) is 8.13. The van der Waals surface area contributed by atoms with Gasteiger partial charge in [-0.2, -0.15) is 13.2 Å². The quantitative estimate of drug-likeness (QED) is 0.753. The van der Waals surface area contributed by atoms with Crippen molar-refractivity contribution in [1.82, 2.24) is 0 Å². The molecule has 2 unspecified atom stereocenters. The van der Waals surface area contributed by atoms with Crippen LogP contribution in [0.5, 0.6) is 5.75 Å². The smallest absolute Gasteiger partial charge is 0.416 e. The number of ether oxygens (including phenoxy) is 1. The second-order valence-electron chi connectivity index (χ2n) is 4.93. The van der Waals surface area contributed by atoms with Crippen LogP contribution < -0.4 is 10.5 Å². The van der Waals surface area contributed by atoms with Crippen LogP contribution in [0.15, 0.2) is 18.2 Å². The molecule has 6 heteroatoms. The van der Waals surface area contributed by atoms with E-state index in [2.05, 4.69) is 0 Å². The Morgan fingerprint density at radius 1 is 1.33 bits per heavy atom. The molecule has 18 heavy (non-hydrogen) atoms. The van der Waals surface area contributed by atoms with Gasteiger partial charge >= 0.3 is 6.18 Å². The normalized spacial score (nSPS) is 26.4. The molecule has 3 nitrogen and oxygen atoms in total. The van der Waals surface area contributed by atoms with Gasteiger partial charge in [-0.3, -0.25) is 0 Å². The number of alkyl halides is 3. The maximum Gasteiger partial charge on any atom is 0.416 e. The zero-order valence-corrected chi connectivity index (χ0v) is 9.95. The van der Waals surface area contributed by atoms with Crippen molar-refractivity contribution in [1.29, 1.82) is 0 Å². The van der Waals surface area contributed by atoms with Gasteiger partial charge in [0.05, 0.1) is 11.6 Å². The van der Waals surface area contributed by atoms with Gasteiger partial charge in [-0.05, 0) is 26.0 Å². The summed E-state index contributed by atoms with van der Waals surface area (Å²) in [6.07, 6.45) is -5.40. The average Bonchev–Trinajstić information content (AvgIpc) is 2.23. The van der Waals surface area contributed by atoms with Gasteiger partial charge in [0.2, 0.25) is 0 Å². The summed E-state index contributed by atoms with van der Waals surface area (Å²) < 4.78 is 43.2. The van der Waals surface area contributed by atoms with Crippen molar-refractivity contribution in [2.75, 3.05) is 0 Å². The third-order valence-corrected chi connectivity index (χ3v) is 3.13. The summed E-state index contributed by atoms with van der Waals surface area (Å²) in [5, 5.41) is 9.91. The summed E-state index contributed by atoms with van der Waals surface area (Å²) in [5.74, 6) is 0.0765. The molecule has 0 aromatic heterocycles. The van der Waals surface area contributed by atoms with E-state index in [1.54, 1.807) is 13.8 Å². The molecule has 100 valence electrons. The lowest BCUT2D eigenvalue weighted by molar-refractivity contribution is -0.138. The molecule has 0 radical (unpaired) electrons. The van der Waals surface area contributed by atoms with Crippen LogP contribution in [-0.2, 0) is 6.18 Å². The van der Waals surface area contributed by atoms with Gasteiger partial charge in [0, 0.05) is 5.56 Å². The van der Waals surface area contributed by atoms with Gasteiger partial charge in [-0.1, -0.05) is 6.07 Å². The number of rotatable bonds is 0. The molecule has 0 saturated carbocycles. The van der Waals surface area contributed by atoms with E-state index >= 15 is 0 Å². The predicted octanol–water partition coefficient (Wildman–Crippen LogP) is 2.24. The highest BCUT2D eigenvalue weighted by Crippen LogP contribution is 2.41. The van der Waals surface area contributed by atoms with Crippen molar-refractivity contribution < 1.29 is 23.0 Å². The molecule has 2 atom stereocenters. The zero-order chi connectivity index (χ0) is 13.7. The van der Waals surface area contributed by atoms with E-state index < -0.39 is 29.5 Å². The summed E-state index contributed by atoms with van der Waals surface area (Å²) >= 11 is 0. The summed E-state index contributed by atoms with van der Waals surface area (Å²) in [4.78, 5) is 0. The second-order valence-corrected chi connectivity index (χ2v) is 4.93. The highest BCUT2D eigenvalue weighted by atomic mass is 19.4. The van der Waals surface area contributed by atoms with Crippen molar-refractivity contribution in [3.05, 3.63) is 29.3 Å². The maximum atomic E-state index is 12.6. The van der Waals surface area contributed by atoms with Crippen LogP contribution >= 0.6 is 0 Å². The molecule has 0 saturated heterocycles. The lowest BCUT2D eigenvalue weighted by atomic mass is 9.87. The lowest BCUT2D eigenvalue weighted by Gasteiger charge is -2.40. The first-order valence-electron chi connectivity index (χ1n) is 5.47. The Balaban J connectivity index is 2.49. The number of hydrogen-bond acceptors (Lipinski definition) is 3. The minimum absolute atomic E-state index is 0.0765. The van der Waals surface area contributed by atoms with Crippen LogP contribution in [0.1, 0.15) is 31.0 Å². The van der Waals surface area contributed by atoms with Crippen LogP contribution in [-0.4, -0.2) is 16.8 Å². The number of nitrogens with two attached hydrogens (primary N) is 1. The Kier molecular flexibility index (Phi) is 2.82. The van der Waals surface area contributed by atoms with Crippen molar-refractivity contribution in [2.24, 2.45) is 5.73 Å². The highest BCUT2D eigenvalue weighted by Gasteiger charge is 2.42. The van der Waals surface area contributed by atoms with Crippen molar-refractivity contribution in [3.63, 3.8) is 0 Å². The molecule has 0 aliphatic carbocycles. The van der Waals surface area contributed by atoms with Gasteiger partial charge < -0.3 is 15.6 Å². The summed E-state index contributed by atoms with van der Waals surface area (Å²) in [5.41, 5.74) is 4.39. The van der Waals surface area contributed by atoms with Crippen LogP contribution in [0.25, 0.3) is 0 Å². The van der Waals surface area contributed by atoms with Crippen LogP contribution in [0, 0.1) is 0 Å². The molecule has 1 aromatic rings. The third-order valence-electron chi connectivity index (χ3n) is 3.13. The van der Waals surface area contributed by atoms with Gasteiger partial charge in [-0.15, -0.1) is 0 Å². The lowest BCUT2D eigenvalue weighted by Crippen LogP contribution is -2.51. The predicted molar refractivity (Wildman–Crippen MR) is 59.1 cm³/mol. The number of aliphatic hydroxyl groups is 1. The Morgan fingerprint density at radius 2 is 1.94 bits per heavy atom. The van der Waals surface area contributed by atoms with E-state index in [1.165, 1.54) is 6.07 Å². The van der Waals surface area contributed by atoms with Crippen molar-refractivity contribution in [3.8, 4) is 5.75 Å². The Labute approximate surface area is 102 Å². The standard InChI is InChI=1S/C12H14F3NO2/c1-11(2)10(17)9(16)7-4-3-6(12(13,14)15)5-8(7)18-11/h3-5,9-10,17H,16H2,1-2H3. The topological polar surface area (TPSA) is 55.5 Å². The van der Waals surface area contributed by atoms with Gasteiger partial charge in [-0.25, -0.2) is 0 Å². The molecule has 2 rings (SSSR count). The average molecular weight is 261 g/mol. The fourth-order valence-corrected chi connectivity index (χ4v) is 2.02. The molecule has 1 aromatic carbocycles. The molecular weight excluding hydrogens is 247 g/mol. The molecule has 3 N–H and O–H groups in total.